The van der Waals surface area contributed by atoms with Crippen LogP contribution in [0.4, 0.5) is 5.69 Å². The van der Waals surface area contributed by atoms with Gasteiger partial charge in [0.15, 0.2) is 0 Å². The average Bonchev–Trinajstić information content (AvgIpc) is 3.56. The molecular weight excluding hydrogens is 595 g/mol. The summed E-state index contributed by atoms with van der Waals surface area (Å²) in [6.07, 6.45) is 4.23. The molecular formula is C38H43N3O4S. The van der Waals surface area contributed by atoms with Gasteiger partial charge in [0, 0.05) is 19.0 Å². The zero-order chi connectivity index (χ0) is 32.7. The second-order valence-corrected chi connectivity index (χ2v) is 14.1. The fraction of sp³-hybridized carbons (Fsp3) is 0.316. The van der Waals surface area contributed by atoms with Gasteiger partial charge >= 0.3 is 0 Å². The van der Waals surface area contributed by atoms with Crippen LogP contribution in [0.1, 0.15) is 53.5 Å². The average molecular weight is 638 g/mol. The van der Waals surface area contributed by atoms with Gasteiger partial charge in [-0.2, -0.15) is 0 Å². The number of carbonyl (C=O) groups excluding carboxylic acids is 2. The first-order chi connectivity index (χ1) is 22.1. The molecule has 1 atom stereocenters. The highest BCUT2D eigenvalue weighted by Gasteiger charge is 2.36. The molecule has 1 saturated carbocycles. The number of nitrogens with zero attached hydrogens (tertiary/aromatic N) is 2. The maximum absolute atomic E-state index is 14.7. The Morgan fingerprint density at radius 1 is 0.804 bits per heavy atom. The van der Waals surface area contributed by atoms with Crippen LogP contribution < -0.4 is 9.62 Å². The summed E-state index contributed by atoms with van der Waals surface area (Å²) in [6.45, 7) is 5.46. The van der Waals surface area contributed by atoms with Crippen LogP contribution in [-0.4, -0.2) is 43.8 Å². The highest BCUT2D eigenvalue weighted by molar-refractivity contribution is 7.92. The highest BCUT2D eigenvalue weighted by atomic mass is 32.2. The van der Waals surface area contributed by atoms with E-state index in [1.54, 1.807) is 29.2 Å². The smallest absolute Gasteiger partial charge is 0.264 e. The minimum Gasteiger partial charge on any atom is -0.352 e. The van der Waals surface area contributed by atoms with Crippen molar-refractivity contribution >= 4 is 27.5 Å². The van der Waals surface area contributed by atoms with Gasteiger partial charge in [0.05, 0.1) is 10.6 Å². The summed E-state index contributed by atoms with van der Waals surface area (Å²) >= 11 is 0. The Morgan fingerprint density at radius 3 is 2.09 bits per heavy atom. The van der Waals surface area contributed by atoms with Crippen molar-refractivity contribution in [1.82, 2.24) is 10.2 Å². The molecule has 7 nitrogen and oxygen atoms in total. The van der Waals surface area contributed by atoms with Gasteiger partial charge in [-0.05, 0) is 74.1 Å². The van der Waals surface area contributed by atoms with E-state index in [9.17, 15) is 18.0 Å². The molecule has 1 aliphatic carbocycles. The second kappa shape index (κ2) is 14.8. The predicted octanol–water partition coefficient (Wildman–Crippen LogP) is 6.51. The van der Waals surface area contributed by atoms with Crippen LogP contribution in [0, 0.1) is 20.8 Å². The van der Waals surface area contributed by atoms with E-state index in [4.69, 9.17) is 0 Å². The van der Waals surface area contributed by atoms with Gasteiger partial charge < -0.3 is 10.2 Å². The molecule has 4 aromatic rings. The number of hydrogen-bond donors (Lipinski definition) is 1. The van der Waals surface area contributed by atoms with Crippen LogP contribution in [0.3, 0.4) is 0 Å². The number of anilines is 1. The topological polar surface area (TPSA) is 86.8 Å². The number of rotatable bonds is 12. The summed E-state index contributed by atoms with van der Waals surface area (Å²) in [5, 5.41) is 3.23. The first-order valence-corrected chi connectivity index (χ1v) is 17.4. The fourth-order valence-electron chi connectivity index (χ4n) is 6.21. The Kier molecular flexibility index (Phi) is 10.6. The van der Waals surface area contributed by atoms with E-state index in [0.717, 1.165) is 53.5 Å². The minimum atomic E-state index is -4.14. The summed E-state index contributed by atoms with van der Waals surface area (Å²) in [5.41, 5.74) is 4.94. The van der Waals surface area contributed by atoms with E-state index in [2.05, 4.69) is 5.32 Å². The zero-order valence-electron chi connectivity index (χ0n) is 26.9. The van der Waals surface area contributed by atoms with Crippen molar-refractivity contribution in [1.29, 1.82) is 0 Å². The maximum atomic E-state index is 14.7. The fourth-order valence-corrected chi connectivity index (χ4v) is 7.71. The van der Waals surface area contributed by atoms with E-state index in [1.807, 2.05) is 87.5 Å². The van der Waals surface area contributed by atoms with Crippen molar-refractivity contribution in [3.8, 4) is 0 Å². The van der Waals surface area contributed by atoms with Crippen LogP contribution in [0.2, 0.25) is 0 Å². The number of nitrogens with one attached hydrogen (secondary N) is 1. The number of hydrogen-bond acceptors (Lipinski definition) is 4. The van der Waals surface area contributed by atoms with Crippen LogP contribution >= 0.6 is 0 Å². The second-order valence-electron chi connectivity index (χ2n) is 12.3. The minimum absolute atomic E-state index is 0.0614. The van der Waals surface area contributed by atoms with Gasteiger partial charge in [-0.15, -0.1) is 0 Å². The van der Waals surface area contributed by atoms with E-state index in [-0.39, 0.29) is 23.4 Å². The van der Waals surface area contributed by atoms with Crippen LogP contribution in [0.25, 0.3) is 0 Å². The maximum Gasteiger partial charge on any atom is 0.264 e. The quantitative estimate of drug-likeness (QED) is 0.192. The normalized spacial score (nSPS) is 14.1. The molecule has 5 rings (SSSR count). The van der Waals surface area contributed by atoms with Crippen LogP contribution in [0.5, 0.6) is 0 Å². The highest BCUT2D eigenvalue weighted by Crippen LogP contribution is 2.29. The van der Waals surface area contributed by atoms with Gasteiger partial charge in [-0.25, -0.2) is 8.42 Å². The third-order valence-electron chi connectivity index (χ3n) is 8.81. The molecule has 2 amide bonds. The number of aryl methyl sites for hydroxylation is 3. The Balaban J connectivity index is 1.59. The zero-order valence-corrected chi connectivity index (χ0v) is 27.7. The van der Waals surface area contributed by atoms with E-state index >= 15 is 0 Å². The van der Waals surface area contributed by atoms with Crippen molar-refractivity contribution in [3.05, 3.63) is 131 Å². The molecule has 0 saturated heterocycles. The Bertz CT molecular complexity index is 1750. The third kappa shape index (κ3) is 7.85. The molecule has 0 heterocycles. The number of amides is 2. The predicted molar refractivity (Wildman–Crippen MR) is 183 cm³/mol. The van der Waals surface area contributed by atoms with E-state index in [1.165, 1.54) is 16.4 Å². The lowest BCUT2D eigenvalue weighted by Crippen LogP contribution is -2.54. The van der Waals surface area contributed by atoms with Crippen LogP contribution in [-0.2, 0) is 32.6 Å². The molecule has 1 fully saturated rings. The Labute approximate surface area is 273 Å². The molecule has 240 valence electrons. The third-order valence-corrected chi connectivity index (χ3v) is 10.6. The Hall–Kier alpha value is -4.43. The largest absolute Gasteiger partial charge is 0.352 e. The SMILES string of the molecule is Cc1ccc(N(CC(=O)N(Cc2ccccc2C)[C@@H](Cc2ccccc2)C(=O)NC2CCCC2)S(=O)(=O)c2ccccc2)c(C)c1. The van der Waals surface area contributed by atoms with Crippen molar-refractivity contribution < 1.29 is 18.0 Å². The summed E-state index contributed by atoms with van der Waals surface area (Å²) in [4.78, 5) is 30.5. The first kappa shape index (κ1) is 32.9. The van der Waals surface area contributed by atoms with Crippen LogP contribution in [0.15, 0.2) is 108 Å². The van der Waals surface area contributed by atoms with Crippen molar-refractivity contribution in [3.63, 3.8) is 0 Å². The van der Waals surface area contributed by atoms with Gasteiger partial charge in [0.2, 0.25) is 11.8 Å². The molecule has 1 aliphatic rings. The molecule has 46 heavy (non-hydrogen) atoms. The number of carbonyl (C=O) groups is 2. The molecule has 8 heteroatoms. The molecule has 4 aromatic carbocycles. The molecule has 0 bridgehead atoms. The number of benzene rings is 4. The lowest BCUT2D eigenvalue weighted by atomic mass is 10.0. The van der Waals surface area contributed by atoms with Crippen molar-refractivity contribution in [2.24, 2.45) is 0 Å². The van der Waals surface area contributed by atoms with Crippen molar-refractivity contribution in [2.75, 3.05) is 10.8 Å². The van der Waals surface area contributed by atoms with Gasteiger partial charge in [-0.3, -0.25) is 13.9 Å². The molecule has 0 aliphatic heterocycles. The molecule has 0 spiro atoms. The first-order valence-electron chi connectivity index (χ1n) is 16.0. The summed E-state index contributed by atoms with van der Waals surface area (Å²) in [7, 11) is -4.14. The molecule has 0 unspecified atom stereocenters. The summed E-state index contributed by atoms with van der Waals surface area (Å²) in [6, 6.07) is 30.3. The van der Waals surface area contributed by atoms with Gasteiger partial charge in [0.1, 0.15) is 12.6 Å². The lowest BCUT2D eigenvalue weighted by molar-refractivity contribution is -0.140. The lowest BCUT2D eigenvalue weighted by Gasteiger charge is -2.35. The standard InChI is InChI=1S/C38H43N3O4S/c1-28-22-23-35(30(3)24-28)41(46(44,45)34-20-8-5-9-21-34)27-37(42)40(26-32-17-11-10-14-29(32)2)36(25-31-15-6-4-7-16-31)38(43)39-33-18-12-13-19-33/h4-11,14-17,20-24,33,36H,12-13,18-19,25-27H2,1-3H3,(H,39,43)/t36-/m0/s1. The van der Waals surface area contributed by atoms with E-state index < -0.39 is 28.5 Å². The Morgan fingerprint density at radius 2 is 1.43 bits per heavy atom. The molecule has 1 N–H and O–H groups in total. The number of sulfonamides is 1. The van der Waals surface area contributed by atoms with Gasteiger partial charge in [0.25, 0.3) is 10.0 Å². The molecule has 0 aromatic heterocycles. The van der Waals surface area contributed by atoms with Crippen molar-refractivity contribution in [2.45, 2.75) is 76.4 Å². The monoisotopic (exact) mass is 637 g/mol. The van der Waals surface area contributed by atoms with E-state index in [0.29, 0.717) is 12.1 Å². The molecule has 0 radical (unpaired) electrons. The van der Waals surface area contributed by atoms with Gasteiger partial charge in [-0.1, -0.05) is 103 Å². The summed E-state index contributed by atoms with van der Waals surface area (Å²) in [5.74, 6) is -0.674. The summed E-state index contributed by atoms with van der Waals surface area (Å²) < 4.78 is 29.7.